The number of rotatable bonds is 7. The largest absolute Gasteiger partial charge is 0.347 e. The second-order valence-electron chi connectivity index (χ2n) is 5.37. The maximum atomic E-state index is 12.4. The number of nitrogens with one attached hydrogen (secondary N) is 2. The molecule has 2 N–H and O–H groups in total. The summed E-state index contributed by atoms with van der Waals surface area (Å²) in [5.41, 5.74) is 0.614. The van der Waals surface area contributed by atoms with Gasteiger partial charge in [0.15, 0.2) is 0 Å². The van der Waals surface area contributed by atoms with Crippen LogP contribution in [0.5, 0.6) is 0 Å². The van der Waals surface area contributed by atoms with Crippen molar-refractivity contribution in [2.24, 2.45) is 0 Å². The van der Waals surface area contributed by atoms with E-state index < -0.39 is 16.7 Å². The highest BCUT2D eigenvalue weighted by Crippen LogP contribution is 2.16. The quantitative estimate of drug-likeness (QED) is 0.304. The molecular weight excluding hydrogens is 414 g/mol. The second-order valence-corrected chi connectivity index (χ2v) is 6.29. The molecule has 0 atom stereocenters. The number of hydrogen-bond donors (Lipinski definition) is 2. The lowest BCUT2D eigenvalue weighted by molar-refractivity contribution is -0.384. The van der Waals surface area contributed by atoms with Gasteiger partial charge in [-0.25, -0.2) is 0 Å². The highest BCUT2D eigenvalue weighted by atomic mass is 79.9. The summed E-state index contributed by atoms with van der Waals surface area (Å²) in [7, 11) is 0. The van der Waals surface area contributed by atoms with Crippen LogP contribution in [0.15, 0.2) is 71.4 Å². The maximum Gasteiger partial charge on any atom is 0.270 e. The summed E-state index contributed by atoms with van der Waals surface area (Å²) in [6.45, 7) is 3.73. The van der Waals surface area contributed by atoms with Crippen LogP contribution in [0, 0.1) is 10.1 Å². The molecular formula is C19H16BrN3O4. The number of carbonyl (C=O) groups is 2. The number of amides is 2. The fraction of sp³-hybridized carbons (Fsp3) is 0.0526. The summed E-state index contributed by atoms with van der Waals surface area (Å²) in [5.74, 6) is -1.01. The third kappa shape index (κ3) is 5.89. The molecule has 0 unspecified atom stereocenters. The van der Waals surface area contributed by atoms with E-state index in [0.717, 1.165) is 4.47 Å². The van der Waals surface area contributed by atoms with Crippen LogP contribution >= 0.6 is 15.9 Å². The van der Waals surface area contributed by atoms with Crippen molar-refractivity contribution in [1.82, 2.24) is 10.6 Å². The lowest BCUT2D eigenvalue weighted by Crippen LogP contribution is -2.34. The highest BCUT2D eigenvalue weighted by Gasteiger charge is 2.15. The Bertz CT molecular complexity index is 907. The summed E-state index contributed by atoms with van der Waals surface area (Å²) in [4.78, 5) is 35.2. The molecule has 2 aromatic carbocycles. The molecule has 0 aliphatic rings. The Morgan fingerprint density at radius 2 is 1.89 bits per heavy atom. The van der Waals surface area contributed by atoms with Gasteiger partial charge in [-0.3, -0.25) is 19.7 Å². The fourth-order valence-electron chi connectivity index (χ4n) is 2.11. The molecule has 7 nitrogen and oxygen atoms in total. The number of nitrogens with zero attached hydrogens (tertiary/aromatic N) is 1. The van der Waals surface area contributed by atoms with Gasteiger partial charge in [-0.05, 0) is 35.9 Å². The van der Waals surface area contributed by atoms with Crippen LogP contribution in [0.2, 0.25) is 0 Å². The lowest BCUT2D eigenvalue weighted by Gasteiger charge is -2.10. The highest BCUT2D eigenvalue weighted by molar-refractivity contribution is 9.10. The smallest absolute Gasteiger partial charge is 0.270 e. The van der Waals surface area contributed by atoms with Crippen molar-refractivity contribution in [1.29, 1.82) is 0 Å². The normalized spacial score (nSPS) is 10.8. The van der Waals surface area contributed by atoms with E-state index in [4.69, 9.17) is 0 Å². The van der Waals surface area contributed by atoms with Crippen LogP contribution in [0.1, 0.15) is 15.9 Å². The zero-order valence-corrected chi connectivity index (χ0v) is 15.7. The summed E-state index contributed by atoms with van der Waals surface area (Å²) < 4.78 is 0.815. The van der Waals surface area contributed by atoms with Gasteiger partial charge in [-0.15, -0.1) is 6.58 Å². The molecule has 0 saturated heterocycles. The van der Waals surface area contributed by atoms with Gasteiger partial charge in [0, 0.05) is 28.7 Å². The predicted octanol–water partition coefficient (Wildman–Crippen LogP) is 3.43. The first kappa shape index (κ1) is 20.1. The molecule has 0 aromatic heterocycles. The zero-order chi connectivity index (χ0) is 19.8. The Balaban J connectivity index is 2.32. The molecule has 2 amide bonds. The van der Waals surface area contributed by atoms with Gasteiger partial charge in [0.05, 0.1) is 4.92 Å². The van der Waals surface area contributed by atoms with Gasteiger partial charge < -0.3 is 10.6 Å². The molecule has 8 heteroatoms. The molecule has 0 spiro atoms. The monoisotopic (exact) mass is 429 g/mol. The minimum absolute atomic E-state index is 0.0368. The van der Waals surface area contributed by atoms with Gasteiger partial charge in [-0.1, -0.05) is 34.1 Å². The third-order valence-electron chi connectivity index (χ3n) is 3.40. The summed E-state index contributed by atoms with van der Waals surface area (Å²) in [6.07, 6.45) is 2.88. The standard InChI is InChI=1S/C19H16BrN3O4/c1-2-10-21-19(25)17(12-13-4-3-5-16(11-13)23(26)27)22-18(24)14-6-8-15(20)9-7-14/h2-9,11-12H,1,10H2,(H,21,25)(H,22,24). The third-order valence-corrected chi connectivity index (χ3v) is 3.93. The number of hydrogen-bond acceptors (Lipinski definition) is 4. The lowest BCUT2D eigenvalue weighted by atomic mass is 10.1. The van der Waals surface area contributed by atoms with Crippen LogP contribution in [0.3, 0.4) is 0 Å². The van der Waals surface area contributed by atoms with E-state index in [-0.39, 0.29) is 17.9 Å². The Hall–Kier alpha value is -3.26. The van der Waals surface area contributed by atoms with Crippen molar-refractivity contribution in [3.8, 4) is 0 Å². The molecule has 0 saturated carbocycles. The van der Waals surface area contributed by atoms with E-state index >= 15 is 0 Å². The van der Waals surface area contributed by atoms with Crippen molar-refractivity contribution in [3.05, 3.63) is 92.6 Å². The van der Waals surface area contributed by atoms with Crippen LogP contribution in [-0.2, 0) is 4.79 Å². The molecule has 0 radical (unpaired) electrons. The predicted molar refractivity (Wildman–Crippen MR) is 106 cm³/mol. The van der Waals surface area contributed by atoms with E-state index in [1.54, 1.807) is 30.3 Å². The first-order valence-corrected chi connectivity index (χ1v) is 8.62. The Kier molecular flexibility index (Phi) is 7.01. The number of halogens is 1. The van der Waals surface area contributed by atoms with E-state index in [9.17, 15) is 19.7 Å². The fourth-order valence-corrected chi connectivity index (χ4v) is 2.37. The SMILES string of the molecule is C=CCNC(=O)C(=Cc1cccc([N+](=O)[O-])c1)NC(=O)c1ccc(Br)cc1. The maximum absolute atomic E-state index is 12.4. The van der Waals surface area contributed by atoms with E-state index in [2.05, 4.69) is 33.1 Å². The van der Waals surface area contributed by atoms with Crippen LogP contribution < -0.4 is 10.6 Å². The van der Waals surface area contributed by atoms with Crippen LogP contribution in [-0.4, -0.2) is 23.3 Å². The summed E-state index contributed by atoms with van der Waals surface area (Å²) in [6, 6.07) is 12.4. The Morgan fingerprint density at radius 1 is 1.19 bits per heavy atom. The Morgan fingerprint density at radius 3 is 2.52 bits per heavy atom. The Labute approximate surface area is 164 Å². The molecule has 0 fully saturated rings. The van der Waals surface area contributed by atoms with E-state index in [0.29, 0.717) is 11.1 Å². The molecule has 0 aliphatic carbocycles. The number of nitro benzene ring substituents is 1. The second kappa shape index (κ2) is 9.44. The number of benzene rings is 2. The average Bonchev–Trinajstić information content (AvgIpc) is 2.66. The van der Waals surface area contributed by atoms with E-state index in [1.165, 1.54) is 30.4 Å². The van der Waals surface area contributed by atoms with Crippen molar-refractivity contribution < 1.29 is 14.5 Å². The minimum Gasteiger partial charge on any atom is -0.347 e. The van der Waals surface area contributed by atoms with E-state index in [1.807, 2.05) is 0 Å². The topological polar surface area (TPSA) is 101 Å². The molecule has 27 heavy (non-hydrogen) atoms. The molecule has 2 rings (SSSR count). The average molecular weight is 430 g/mol. The van der Waals surface area contributed by atoms with Gasteiger partial charge in [0.25, 0.3) is 17.5 Å². The first-order valence-electron chi connectivity index (χ1n) is 7.83. The van der Waals surface area contributed by atoms with Crippen molar-refractivity contribution in [2.45, 2.75) is 0 Å². The molecule has 0 heterocycles. The molecule has 138 valence electrons. The molecule has 0 bridgehead atoms. The molecule has 0 aliphatic heterocycles. The number of non-ortho nitro benzene ring substituents is 1. The number of carbonyl (C=O) groups excluding carboxylic acids is 2. The van der Waals surface area contributed by atoms with Gasteiger partial charge in [0.2, 0.25) is 0 Å². The van der Waals surface area contributed by atoms with Gasteiger partial charge in [0.1, 0.15) is 5.70 Å². The minimum atomic E-state index is -0.535. The van der Waals surface area contributed by atoms with Gasteiger partial charge >= 0.3 is 0 Å². The zero-order valence-electron chi connectivity index (χ0n) is 14.1. The van der Waals surface area contributed by atoms with Crippen LogP contribution in [0.25, 0.3) is 6.08 Å². The van der Waals surface area contributed by atoms with Crippen molar-refractivity contribution in [2.75, 3.05) is 6.54 Å². The first-order chi connectivity index (χ1) is 12.9. The van der Waals surface area contributed by atoms with Crippen molar-refractivity contribution in [3.63, 3.8) is 0 Å². The summed E-state index contributed by atoms with van der Waals surface area (Å²) >= 11 is 3.29. The summed E-state index contributed by atoms with van der Waals surface area (Å²) in [5, 5.41) is 16.0. The van der Waals surface area contributed by atoms with Crippen LogP contribution in [0.4, 0.5) is 5.69 Å². The number of nitro groups is 1. The van der Waals surface area contributed by atoms with Gasteiger partial charge in [-0.2, -0.15) is 0 Å². The molecule has 2 aromatic rings. The van der Waals surface area contributed by atoms with Crippen molar-refractivity contribution >= 4 is 39.5 Å².